The van der Waals surface area contributed by atoms with Gasteiger partial charge in [0.25, 0.3) is 5.91 Å². The molecule has 1 amide bonds. The van der Waals surface area contributed by atoms with Crippen molar-refractivity contribution in [1.82, 2.24) is 9.80 Å². The average Bonchev–Trinajstić information content (AvgIpc) is 2.54. The van der Waals surface area contributed by atoms with Gasteiger partial charge in [-0.25, -0.2) is 0 Å². The van der Waals surface area contributed by atoms with Crippen LogP contribution in [0.15, 0.2) is 48.9 Å². The molecule has 1 aromatic rings. The smallest absolute Gasteiger partial charge is 0.250 e. The van der Waals surface area contributed by atoms with Gasteiger partial charge in [0.1, 0.15) is 6.04 Å². The number of benzene rings is 1. The van der Waals surface area contributed by atoms with Crippen LogP contribution in [0.2, 0.25) is 0 Å². The summed E-state index contributed by atoms with van der Waals surface area (Å²) in [6.07, 6.45) is 3.14. The van der Waals surface area contributed by atoms with Crippen molar-refractivity contribution >= 4 is 5.91 Å². The SMILES string of the molecule is C=CN1/C(=C\N)CN(C(C)C)C(=O)C1c1ccc(C#N)cc1. The van der Waals surface area contributed by atoms with Crippen LogP contribution in [0.1, 0.15) is 31.0 Å². The van der Waals surface area contributed by atoms with Gasteiger partial charge in [0.05, 0.1) is 23.9 Å². The quantitative estimate of drug-likeness (QED) is 0.927. The summed E-state index contributed by atoms with van der Waals surface area (Å²) in [4.78, 5) is 16.4. The second kappa shape index (κ2) is 6.35. The Balaban J connectivity index is 2.48. The van der Waals surface area contributed by atoms with Crippen LogP contribution in [-0.2, 0) is 4.79 Å². The van der Waals surface area contributed by atoms with Gasteiger partial charge >= 0.3 is 0 Å². The first kappa shape index (κ1) is 15.6. The molecule has 1 fully saturated rings. The molecule has 1 heterocycles. The molecule has 1 unspecified atom stereocenters. The lowest BCUT2D eigenvalue weighted by atomic mass is 9.98. The van der Waals surface area contributed by atoms with Crippen molar-refractivity contribution in [3.8, 4) is 6.07 Å². The summed E-state index contributed by atoms with van der Waals surface area (Å²) in [7, 11) is 0. The van der Waals surface area contributed by atoms with Gasteiger partial charge in [0.2, 0.25) is 0 Å². The molecule has 1 atom stereocenters. The van der Waals surface area contributed by atoms with Gasteiger partial charge in [-0.3, -0.25) is 4.79 Å². The number of rotatable bonds is 3. The van der Waals surface area contributed by atoms with E-state index in [1.165, 1.54) is 6.20 Å². The zero-order valence-electron chi connectivity index (χ0n) is 12.9. The van der Waals surface area contributed by atoms with E-state index in [0.717, 1.165) is 11.3 Å². The fraction of sp³-hybridized carbons (Fsp3) is 0.294. The molecule has 0 spiro atoms. The van der Waals surface area contributed by atoms with Crippen LogP contribution in [0.5, 0.6) is 0 Å². The molecule has 5 nitrogen and oxygen atoms in total. The second-order valence-corrected chi connectivity index (χ2v) is 5.44. The van der Waals surface area contributed by atoms with Gasteiger partial charge in [0, 0.05) is 12.2 Å². The maximum atomic E-state index is 12.9. The lowest BCUT2D eigenvalue weighted by molar-refractivity contribution is -0.140. The number of amides is 1. The van der Waals surface area contributed by atoms with E-state index in [-0.39, 0.29) is 11.9 Å². The Bertz CT molecular complexity index is 640. The highest BCUT2D eigenvalue weighted by Crippen LogP contribution is 2.32. The van der Waals surface area contributed by atoms with Crippen molar-refractivity contribution < 1.29 is 4.79 Å². The molecule has 1 aliphatic rings. The molecule has 0 aliphatic carbocycles. The molecule has 0 radical (unpaired) electrons. The molecule has 2 rings (SSSR count). The molecule has 5 heteroatoms. The van der Waals surface area contributed by atoms with Crippen LogP contribution >= 0.6 is 0 Å². The summed E-state index contributed by atoms with van der Waals surface area (Å²) in [5.41, 5.74) is 7.94. The molecule has 22 heavy (non-hydrogen) atoms. The van der Waals surface area contributed by atoms with Crippen LogP contribution in [-0.4, -0.2) is 28.3 Å². The van der Waals surface area contributed by atoms with Crippen molar-refractivity contribution in [3.63, 3.8) is 0 Å². The van der Waals surface area contributed by atoms with Crippen LogP contribution in [0.3, 0.4) is 0 Å². The highest BCUT2D eigenvalue weighted by Gasteiger charge is 2.37. The zero-order chi connectivity index (χ0) is 16.3. The molecule has 1 aromatic carbocycles. The van der Waals surface area contributed by atoms with Gasteiger partial charge in [0.15, 0.2) is 0 Å². The third-order valence-electron chi connectivity index (χ3n) is 3.83. The monoisotopic (exact) mass is 296 g/mol. The first-order valence-electron chi connectivity index (χ1n) is 7.15. The standard InChI is InChI=1S/C17H20N4O/c1-4-20-15(10-19)11-21(12(2)3)17(22)16(20)14-7-5-13(9-18)6-8-14/h4-8,10,12,16H,1,11,19H2,2-3H3/b15-10-. The molecule has 2 N–H and O–H groups in total. The van der Waals surface area contributed by atoms with Crippen molar-refractivity contribution in [2.24, 2.45) is 5.73 Å². The maximum absolute atomic E-state index is 12.9. The number of carbonyl (C=O) groups excluding carboxylic acids is 1. The van der Waals surface area contributed by atoms with E-state index in [4.69, 9.17) is 11.0 Å². The number of carbonyl (C=O) groups is 1. The number of nitrogens with two attached hydrogens (primary N) is 1. The Morgan fingerprint density at radius 2 is 2.05 bits per heavy atom. The van der Waals surface area contributed by atoms with E-state index in [2.05, 4.69) is 12.6 Å². The van der Waals surface area contributed by atoms with Crippen LogP contribution < -0.4 is 5.73 Å². The fourth-order valence-electron chi connectivity index (χ4n) is 2.62. The fourth-order valence-corrected chi connectivity index (χ4v) is 2.62. The third kappa shape index (κ3) is 2.68. The minimum Gasteiger partial charge on any atom is -0.403 e. The van der Waals surface area contributed by atoms with Gasteiger partial charge in [-0.2, -0.15) is 5.26 Å². The topological polar surface area (TPSA) is 73.4 Å². The number of hydrogen-bond acceptors (Lipinski definition) is 4. The average molecular weight is 296 g/mol. The molecule has 1 saturated heterocycles. The van der Waals surface area contributed by atoms with E-state index in [1.807, 2.05) is 13.8 Å². The van der Waals surface area contributed by atoms with E-state index in [1.54, 1.807) is 40.3 Å². The zero-order valence-corrected chi connectivity index (χ0v) is 12.9. The lowest BCUT2D eigenvalue weighted by Gasteiger charge is -2.43. The van der Waals surface area contributed by atoms with Crippen molar-refractivity contribution in [3.05, 3.63) is 60.1 Å². The summed E-state index contributed by atoms with van der Waals surface area (Å²) < 4.78 is 0. The minimum atomic E-state index is -0.504. The molecular formula is C17H20N4O. The lowest BCUT2D eigenvalue weighted by Crippen LogP contribution is -2.51. The van der Waals surface area contributed by atoms with Gasteiger partial charge < -0.3 is 15.5 Å². The predicted octanol–water partition coefficient (Wildman–Crippen LogP) is 2.10. The first-order chi connectivity index (χ1) is 10.5. The normalized spacial score (nSPS) is 20.4. The van der Waals surface area contributed by atoms with Gasteiger partial charge in [-0.05, 0) is 37.7 Å². The highest BCUT2D eigenvalue weighted by atomic mass is 16.2. The van der Waals surface area contributed by atoms with E-state index in [0.29, 0.717) is 12.1 Å². The number of hydrogen-bond donors (Lipinski definition) is 1. The molecular weight excluding hydrogens is 276 g/mol. The van der Waals surface area contributed by atoms with Crippen molar-refractivity contribution in [2.45, 2.75) is 25.9 Å². The summed E-state index contributed by atoms with van der Waals surface area (Å²) in [6.45, 7) is 8.22. The summed E-state index contributed by atoms with van der Waals surface area (Å²) >= 11 is 0. The Labute approximate surface area is 130 Å². The van der Waals surface area contributed by atoms with Crippen LogP contribution in [0, 0.1) is 11.3 Å². The molecule has 0 saturated carbocycles. The predicted molar refractivity (Wildman–Crippen MR) is 85.1 cm³/mol. The Morgan fingerprint density at radius 3 is 2.50 bits per heavy atom. The van der Waals surface area contributed by atoms with Gasteiger partial charge in [-0.15, -0.1) is 0 Å². The Kier molecular flexibility index (Phi) is 4.52. The van der Waals surface area contributed by atoms with E-state index in [9.17, 15) is 4.79 Å². The van der Waals surface area contributed by atoms with Gasteiger partial charge in [-0.1, -0.05) is 18.7 Å². The second-order valence-electron chi connectivity index (χ2n) is 5.44. The van der Waals surface area contributed by atoms with Crippen LogP contribution in [0.25, 0.3) is 0 Å². The summed E-state index contributed by atoms with van der Waals surface area (Å²) in [5.74, 6) is 0.00482. The van der Waals surface area contributed by atoms with Crippen molar-refractivity contribution in [1.29, 1.82) is 5.26 Å². The number of nitrogens with zero attached hydrogens (tertiary/aromatic N) is 3. The highest BCUT2D eigenvalue weighted by molar-refractivity contribution is 5.85. The third-order valence-corrected chi connectivity index (χ3v) is 3.83. The summed E-state index contributed by atoms with van der Waals surface area (Å²) in [6, 6.07) is 8.68. The molecule has 114 valence electrons. The van der Waals surface area contributed by atoms with E-state index >= 15 is 0 Å². The number of piperazine rings is 1. The Hall–Kier alpha value is -2.74. The first-order valence-corrected chi connectivity index (χ1v) is 7.15. The van der Waals surface area contributed by atoms with Crippen molar-refractivity contribution in [2.75, 3.05) is 6.54 Å². The Morgan fingerprint density at radius 1 is 1.41 bits per heavy atom. The number of nitriles is 1. The van der Waals surface area contributed by atoms with Crippen LogP contribution in [0.4, 0.5) is 0 Å². The molecule has 0 aromatic heterocycles. The maximum Gasteiger partial charge on any atom is 0.250 e. The van der Waals surface area contributed by atoms with E-state index < -0.39 is 6.04 Å². The molecule has 1 aliphatic heterocycles. The summed E-state index contributed by atoms with van der Waals surface area (Å²) in [5, 5.41) is 8.91. The largest absolute Gasteiger partial charge is 0.403 e. The molecule has 0 bridgehead atoms. The minimum absolute atomic E-state index is 0.00482.